The molecule has 0 saturated carbocycles. The molecule has 5 nitrogen and oxygen atoms in total. The van der Waals surface area contributed by atoms with Crippen molar-refractivity contribution in [1.29, 1.82) is 0 Å². The fourth-order valence-electron chi connectivity index (χ4n) is 0.714. The maximum Gasteiger partial charge on any atom is 0.154 e. The number of rotatable bonds is 1. The Hall–Kier alpha value is -1.78. The SMILES string of the molecule is c1cnnc(-c2conn2)c1. The highest BCUT2D eigenvalue weighted by molar-refractivity contribution is 5.49. The van der Waals surface area contributed by atoms with E-state index in [0.29, 0.717) is 11.4 Å². The van der Waals surface area contributed by atoms with Crippen molar-refractivity contribution >= 4 is 0 Å². The van der Waals surface area contributed by atoms with Gasteiger partial charge < -0.3 is 4.52 Å². The predicted molar refractivity (Wildman–Crippen MR) is 35.3 cm³/mol. The van der Waals surface area contributed by atoms with E-state index in [1.165, 1.54) is 6.26 Å². The summed E-state index contributed by atoms with van der Waals surface area (Å²) in [4.78, 5) is 0. The predicted octanol–water partition coefficient (Wildman–Crippen LogP) is 0.527. The Morgan fingerprint density at radius 3 is 2.82 bits per heavy atom. The third-order valence-corrected chi connectivity index (χ3v) is 1.19. The van der Waals surface area contributed by atoms with Crippen LogP contribution < -0.4 is 0 Å². The van der Waals surface area contributed by atoms with Crippen LogP contribution in [0.2, 0.25) is 0 Å². The van der Waals surface area contributed by atoms with Crippen molar-refractivity contribution in [3.05, 3.63) is 24.6 Å². The maximum absolute atomic E-state index is 4.54. The van der Waals surface area contributed by atoms with Crippen molar-refractivity contribution in [3.63, 3.8) is 0 Å². The highest BCUT2D eigenvalue weighted by atomic mass is 16.5. The third-order valence-electron chi connectivity index (χ3n) is 1.19. The summed E-state index contributed by atoms with van der Waals surface area (Å²) < 4.78 is 4.54. The average Bonchev–Trinajstić information content (AvgIpc) is 2.58. The molecular weight excluding hydrogens is 144 g/mol. The molecule has 0 aliphatic rings. The molecular formula is C6H4N4O. The topological polar surface area (TPSA) is 64.7 Å². The quantitative estimate of drug-likeness (QED) is 0.590. The zero-order valence-electron chi connectivity index (χ0n) is 5.51. The van der Waals surface area contributed by atoms with E-state index in [-0.39, 0.29) is 0 Å². The summed E-state index contributed by atoms with van der Waals surface area (Å²) in [5.41, 5.74) is 1.26. The Kier molecular flexibility index (Phi) is 1.33. The van der Waals surface area contributed by atoms with Crippen LogP contribution >= 0.6 is 0 Å². The average molecular weight is 148 g/mol. The summed E-state index contributed by atoms with van der Waals surface area (Å²) in [6.07, 6.45) is 3.01. The molecule has 2 heterocycles. The van der Waals surface area contributed by atoms with Gasteiger partial charge in [-0.3, -0.25) is 0 Å². The Bertz CT molecular complexity index is 318. The Balaban J connectivity index is 2.46. The van der Waals surface area contributed by atoms with Crippen molar-refractivity contribution in [1.82, 2.24) is 20.6 Å². The van der Waals surface area contributed by atoms with Gasteiger partial charge >= 0.3 is 0 Å². The maximum atomic E-state index is 4.54. The lowest BCUT2D eigenvalue weighted by Crippen LogP contribution is -1.84. The third kappa shape index (κ3) is 1.07. The summed E-state index contributed by atoms with van der Waals surface area (Å²) in [6, 6.07) is 3.56. The van der Waals surface area contributed by atoms with E-state index >= 15 is 0 Å². The van der Waals surface area contributed by atoms with Crippen molar-refractivity contribution in [2.45, 2.75) is 0 Å². The normalized spacial score (nSPS) is 9.82. The fraction of sp³-hybridized carbons (Fsp3) is 0. The standard InChI is InChI=1S/C6H4N4O/c1-2-5(8-7-3-1)6-4-11-10-9-6/h1-4H. The van der Waals surface area contributed by atoms with Gasteiger partial charge in [0.05, 0.1) is 0 Å². The van der Waals surface area contributed by atoms with Crippen LogP contribution in [-0.2, 0) is 0 Å². The molecule has 0 N–H and O–H groups in total. The second-order valence-corrected chi connectivity index (χ2v) is 1.90. The van der Waals surface area contributed by atoms with Crippen LogP contribution in [0.4, 0.5) is 0 Å². The summed E-state index contributed by atoms with van der Waals surface area (Å²) in [5, 5.41) is 14.5. The van der Waals surface area contributed by atoms with E-state index in [1.807, 2.05) is 0 Å². The lowest BCUT2D eigenvalue weighted by atomic mass is 10.3. The van der Waals surface area contributed by atoms with Crippen LogP contribution in [0.1, 0.15) is 0 Å². The van der Waals surface area contributed by atoms with Crippen LogP contribution in [0.25, 0.3) is 11.4 Å². The Morgan fingerprint density at radius 1 is 1.18 bits per heavy atom. The van der Waals surface area contributed by atoms with Gasteiger partial charge in [0.25, 0.3) is 0 Å². The van der Waals surface area contributed by atoms with Crippen molar-refractivity contribution in [2.24, 2.45) is 0 Å². The molecule has 0 aliphatic heterocycles. The fourth-order valence-corrected chi connectivity index (χ4v) is 0.714. The first-order valence-corrected chi connectivity index (χ1v) is 3.02. The van der Waals surface area contributed by atoms with Gasteiger partial charge in [-0.1, -0.05) is 0 Å². The van der Waals surface area contributed by atoms with Crippen molar-refractivity contribution < 1.29 is 4.52 Å². The van der Waals surface area contributed by atoms with Crippen LogP contribution in [0, 0.1) is 0 Å². The number of hydrogen-bond donors (Lipinski definition) is 0. The first-order valence-electron chi connectivity index (χ1n) is 3.02. The highest BCUT2D eigenvalue weighted by Crippen LogP contribution is 2.09. The summed E-state index contributed by atoms with van der Waals surface area (Å²) in [5.74, 6) is 0. The second kappa shape index (κ2) is 2.45. The second-order valence-electron chi connectivity index (χ2n) is 1.90. The molecule has 0 bridgehead atoms. The van der Waals surface area contributed by atoms with Crippen LogP contribution in [0.3, 0.4) is 0 Å². The van der Waals surface area contributed by atoms with Crippen LogP contribution in [0.15, 0.2) is 29.1 Å². The molecule has 0 atom stereocenters. The van der Waals surface area contributed by atoms with E-state index in [2.05, 4.69) is 25.1 Å². The minimum Gasteiger partial charge on any atom is -0.345 e. The van der Waals surface area contributed by atoms with Crippen molar-refractivity contribution in [2.75, 3.05) is 0 Å². The van der Waals surface area contributed by atoms with Gasteiger partial charge in [-0.05, 0) is 12.1 Å². The summed E-state index contributed by atoms with van der Waals surface area (Å²) >= 11 is 0. The monoisotopic (exact) mass is 148 g/mol. The molecule has 2 aromatic heterocycles. The van der Waals surface area contributed by atoms with Crippen LogP contribution in [0.5, 0.6) is 0 Å². The lowest BCUT2D eigenvalue weighted by Gasteiger charge is -1.87. The van der Waals surface area contributed by atoms with Gasteiger partial charge in [-0.15, -0.1) is 10.2 Å². The van der Waals surface area contributed by atoms with Gasteiger partial charge in [0.15, 0.2) is 12.0 Å². The molecule has 54 valence electrons. The van der Waals surface area contributed by atoms with E-state index in [0.717, 1.165) is 0 Å². The largest absolute Gasteiger partial charge is 0.345 e. The molecule has 0 aliphatic carbocycles. The zero-order chi connectivity index (χ0) is 7.52. The molecule has 0 radical (unpaired) electrons. The van der Waals surface area contributed by atoms with E-state index in [1.54, 1.807) is 18.3 Å². The number of aromatic nitrogens is 4. The highest BCUT2D eigenvalue weighted by Gasteiger charge is 2.01. The molecule has 2 rings (SSSR count). The van der Waals surface area contributed by atoms with E-state index in [9.17, 15) is 0 Å². The Labute approximate surface area is 62.0 Å². The zero-order valence-corrected chi connectivity index (χ0v) is 5.51. The molecule has 2 aromatic rings. The lowest BCUT2D eigenvalue weighted by molar-refractivity contribution is 0.393. The van der Waals surface area contributed by atoms with Gasteiger partial charge in [-0.2, -0.15) is 5.10 Å². The van der Waals surface area contributed by atoms with Gasteiger partial charge in [-0.25, -0.2) is 0 Å². The molecule has 5 heteroatoms. The molecule has 0 aromatic carbocycles. The Morgan fingerprint density at radius 2 is 2.18 bits per heavy atom. The first-order chi connectivity index (χ1) is 5.47. The van der Waals surface area contributed by atoms with Crippen molar-refractivity contribution in [3.8, 4) is 11.4 Å². The molecule has 0 spiro atoms. The first kappa shape index (κ1) is 5.96. The molecule has 0 amide bonds. The van der Waals surface area contributed by atoms with Crippen LogP contribution in [-0.4, -0.2) is 20.6 Å². The van der Waals surface area contributed by atoms with Gasteiger partial charge in [0, 0.05) is 11.5 Å². The molecule has 0 saturated heterocycles. The molecule has 0 unspecified atom stereocenters. The number of nitrogens with zero attached hydrogens (tertiary/aromatic N) is 4. The summed E-state index contributed by atoms with van der Waals surface area (Å²) in [6.45, 7) is 0. The van der Waals surface area contributed by atoms with E-state index in [4.69, 9.17) is 0 Å². The minimum atomic E-state index is 0.595. The smallest absolute Gasteiger partial charge is 0.154 e. The molecule has 11 heavy (non-hydrogen) atoms. The van der Waals surface area contributed by atoms with Gasteiger partial charge in [0.1, 0.15) is 5.69 Å². The molecule has 0 fully saturated rings. The van der Waals surface area contributed by atoms with E-state index < -0.39 is 0 Å². The minimum absolute atomic E-state index is 0.595. The number of hydrogen-bond acceptors (Lipinski definition) is 5. The summed E-state index contributed by atoms with van der Waals surface area (Å²) in [7, 11) is 0. The van der Waals surface area contributed by atoms with Gasteiger partial charge in [0.2, 0.25) is 0 Å².